The molecule has 12 rings (SSSR count). The Balaban J connectivity index is 1.06. The van der Waals surface area contributed by atoms with Gasteiger partial charge in [-0.15, -0.1) is 11.3 Å². The number of hydrogen-bond acceptors (Lipinski definition) is 4. The van der Waals surface area contributed by atoms with Crippen molar-refractivity contribution in [2.45, 2.75) is 0 Å². The first kappa shape index (κ1) is 34.3. The van der Waals surface area contributed by atoms with Gasteiger partial charge in [0.05, 0.1) is 16.7 Å². The highest BCUT2D eigenvalue weighted by molar-refractivity contribution is 7.26. The first-order chi connectivity index (χ1) is 29.7. The minimum absolute atomic E-state index is 0.612. The van der Waals surface area contributed by atoms with Crippen LogP contribution in [0.15, 0.2) is 206 Å². The minimum Gasteiger partial charge on any atom is -0.308 e. The molecule has 0 aliphatic carbocycles. The van der Waals surface area contributed by atoms with Crippen molar-refractivity contribution in [2.75, 3.05) is 0 Å². The van der Waals surface area contributed by atoms with Crippen LogP contribution < -0.4 is 0 Å². The molecule has 9 aromatic carbocycles. The summed E-state index contributed by atoms with van der Waals surface area (Å²) >= 11 is 1.86. The lowest BCUT2D eigenvalue weighted by molar-refractivity contribution is 1.06. The first-order valence-electron chi connectivity index (χ1n) is 20.2. The van der Waals surface area contributed by atoms with E-state index < -0.39 is 0 Å². The van der Waals surface area contributed by atoms with Crippen LogP contribution in [0.5, 0.6) is 0 Å². The summed E-state index contributed by atoms with van der Waals surface area (Å²) < 4.78 is 4.96. The van der Waals surface area contributed by atoms with Gasteiger partial charge in [0.2, 0.25) is 0 Å². The molecule has 0 atom stereocenters. The Morgan fingerprint density at radius 1 is 0.350 bits per heavy atom. The van der Waals surface area contributed by atoms with Crippen molar-refractivity contribution in [3.05, 3.63) is 206 Å². The average Bonchev–Trinajstić information content (AvgIpc) is 3.88. The summed E-state index contributed by atoms with van der Waals surface area (Å²) in [6, 6.07) is 73.2. The van der Waals surface area contributed by atoms with Crippen LogP contribution in [0.2, 0.25) is 0 Å². The largest absolute Gasteiger partial charge is 0.308 e. The maximum absolute atomic E-state index is 5.32. The predicted octanol–water partition coefficient (Wildman–Crippen LogP) is 14.8. The number of hydrogen-bond donors (Lipinski definition) is 0. The number of rotatable bonds is 6. The van der Waals surface area contributed by atoms with Gasteiger partial charge >= 0.3 is 0 Å². The highest BCUT2D eigenvalue weighted by atomic mass is 32.1. The van der Waals surface area contributed by atoms with Crippen LogP contribution in [-0.2, 0) is 0 Å². The van der Waals surface area contributed by atoms with E-state index in [0.717, 1.165) is 50.1 Å². The molecule has 0 N–H and O–H groups in total. The third-order valence-corrected chi connectivity index (χ3v) is 12.9. The molecule has 0 aliphatic heterocycles. The molecular formula is C55H34N4S. The molecule has 0 saturated heterocycles. The van der Waals surface area contributed by atoms with E-state index in [2.05, 4.69) is 193 Å². The van der Waals surface area contributed by atoms with Crippen LogP contribution in [0, 0.1) is 0 Å². The molecular weight excluding hydrogens is 749 g/mol. The fourth-order valence-corrected chi connectivity index (χ4v) is 10.1. The topological polar surface area (TPSA) is 43.6 Å². The van der Waals surface area contributed by atoms with E-state index in [4.69, 9.17) is 15.0 Å². The Labute approximate surface area is 350 Å². The Bertz CT molecular complexity index is 3530. The molecule has 3 aromatic heterocycles. The zero-order valence-electron chi connectivity index (χ0n) is 32.3. The fraction of sp³-hybridized carbons (Fsp3) is 0. The Hall–Kier alpha value is -7.73. The molecule has 0 unspecified atom stereocenters. The van der Waals surface area contributed by atoms with E-state index in [0.29, 0.717) is 17.5 Å². The average molecular weight is 783 g/mol. The van der Waals surface area contributed by atoms with Crippen LogP contribution in [0.25, 0.3) is 115 Å². The van der Waals surface area contributed by atoms with Crippen molar-refractivity contribution in [1.82, 2.24) is 19.5 Å². The van der Waals surface area contributed by atoms with Gasteiger partial charge in [-0.3, -0.25) is 0 Å². The minimum atomic E-state index is 0.612. The molecule has 0 amide bonds. The van der Waals surface area contributed by atoms with E-state index >= 15 is 0 Å². The van der Waals surface area contributed by atoms with Gasteiger partial charge in [-0.2, -0.15) is 0 Å². The Morgan fingerprint density at radius 2 is 0.867 bits per heavy atom. The summed E-state index contributed by atoms with van der Waals surface area (Å²) in [5.41, 5.74) is 10.7. The van der Waals surface area contributed by atoms with Gasteiger partial charge in [-0.25, -0.2) is 15.0 Å². The number of fused-ring (bicyclic) bond motifs is 8. The van der Waals surface area contributed by atoms with Gasteiger partial charge in [0.15, 0.2) is 17.5 Å². The number of nitrogens with zero attached hydrogens (tertiary/aromatic N) is 4. The van der Waals surface area contributed by atoms with Crippen molar-refractivity contribution < 1.29 is 0 Å². The summed E-state index contributed by atoms with van der Waals surface area (Å²) in [6.07, 6.45) is 0. The van der Waals surface area contributed by atoms with E-state index in [9.17, 15) is 0 Å². The third-order valence-electron chi connectivity index (χ3n) is 11.7. The summed E-state index contributed by atoms with van der Waals surface area (Å²) in [6.45, 7) is 0. The van der Waals surface area contributed by atoms with E-state index in [1.807, 2.05) is 29.5 Å². The van der Waals surface area contributed by atoms with Gasteiger partial charge in [-0.1, -0.05) is 170 Å². The molecule has 12 aromatic rings. The van der Waals surface area contributed by atoms with Crippen LogP contribution in [-0.4, -0.2) is 19.5 Å². The van der Waals surface area contributed by atoms with E-state index in [1.54, 1.807) is 0 Å². The second kappa shape index (κ2) is 14.0. The van der Waals surface area contributed by atoms with Crippen molar-refractivity contribution in [3.63, 3.8) is 0 Å². The monoisotopic (exact) mass is 782 g/mol. The second-order valence-electron chi connectivity index (χ2n) is 15.2. The zero-order valence-corrected chi connectivity index (χ0v) is 33.1. The van der Waals surface area contributed by atoms with Crippen LogP contribution in [0.1, 0.15) is 0 Å². The van der Waals surface area contributed by atoms with Gasteiger partial charge in [0.25, 0.3) is 0 Å². The fourth-order valence-electron chi connectivity index (χ4n) is 8.83. The molecule has 280 valence electrons. The highest BCUT2D eigenvalue weighted by Crippen LogP contribution is 2.45. The van der Waals surface area contributed by atoms with Crippen LogP contribution >= 0.6 is 11.3 Å². The Morgan fingerprint density at radius 3 is 1.57 bits per heavy atom. The first-order valence-corrected chi connectivity index (χ1v) is 21.0. The highest BCUT2D eigenvalue weighted by Gasteiger charge is 2.21. The molecule has 4 nitrogen and oxygen atoms in total. The van der Waals surface area contributed by atoms with Gasteiger partial charge in [0.1, 0.15) is 0 Å². The maximum atomic E-state index is 5.32. The Kier molecular flexibility index (Phi) is 8.00. The molecule has 0 spiro atoms. The predicted molar refractivity (Wildman–Crippen MR) is 252 cm³/mol. The van der Waals surface area contributed by atoms with E-state index in [1.165, 1.54) is 47.3 Å². The molecule has 60 heavy (non-hydrogen) atoms. The van der Waals surface area contributed by atoms with E-state index in [-0.39, 0.29) is 0 Å². The summed E-state index contributed by atoms with van der Waals surface area (Å²) in [5, 5.41) is 7.54. The summed E-state index contributed by atoms with van der Waals surface area (Å²) in [4.78, 5) is 15.7. The smallest absolute Gasteiger partial charge is 0.166 e. The maximum Gasteiger partial charge on any atom is 0.166 e. The van der Waals surface area contributed by atoms with Crippen molar-refractivity contribution in [2.24, 2.45) is 0 Å². The van der Waals surface area contributed by atoms with Crippen molar-refractivity contribution in [3.8, 4) is 62.1 Å². The third kappa shape index (κ3) is 5.63. The SMILES string of the molecule is c1ccc(-c2ccc(-c3nc(-c4ccccc4)nc(-c4ccc(-c5cc6ccccc6c6c5sc5ccccc56)cc4)n3)c(-n3c4ccccc4c4ccccc43)c2)cc1. The summed E-state index contributed by atoms with van der Waals surface area (Å²) in [7, 11) is 0. The molecule has 0 fully saturated rings. The lowest BCUT2D eigenvalue weighted by atomic mass is 9.96. The van der Waals surface area contributed by atoms with Gasteiger partial charge in [0, 0.05) is 53.2 Å². The normalized spacial score (nSPS) is 11.7. The zero-order chi connectivity index (χ0) is 39.6. The van der Waals surface area contributed by atoms with Gasteiger partial charge < -0.3 is 4.57 Å². The molecule has 0 aliphatic rings. The number of aromatic nitrogens is 4. The van der Waals surface area contributed by atoms with Crippen LogP contribution in [0.3, 0.4) is 0 Å². The molecule has 3 heterocycles. The van der Waals surface area contributed by atoms with Crippen molar-refractivity contribution >= 4 is 64.1 Å². The second-order valence-corrected chi connectivity index (χ2v) is 16.2. The van der Waals surface area contributed by atoms with Gasteiger partial charge in [-0.05, 0) is 63.9 Å². The lowest BCUT2D eigenvalue weighted by Gasteiger charge is -2.16. The lowest BCUT2D eigenvalue weighted by Crippen LogP contribution is -2.04. The molecule has 0 saturated carbocycles. The number of thiophene rings is 1. The molecule has 0 radical (unpaired) electrons. The standard InChI is InChI=1S/C55H34N4S/c1-3-15-35(16-4-1)39-31-32-44(49(34-39)59-47-24-12-9-21-42(47)43-22-10-13-25-48(43)59)55-57-53(37-17-5-2-6-18-37)56-54(58-55)38-29-27-36(28-30-38)46-33-40-19-7-8-20-41(40)51-45-23-11-14-26-50(45)60-52(46)51/h1-34H. The van der Waals surface area contributed by atoms with Crippen molar-refractivity contribution in [1.29, 1.82) is 0 Å². The van der Waals surface area contributed by atoms with Crippen LogP contribution in [0.4, 0.5) is 0 Å². The number of benzene rings is 9. The molecule has 0 bridgehead atoms. The number of para-hydroxylation sites is 2. The quantitative estimate of drug-likeness (QED) is 0.169. The summed E-state index contributed by atoms with van der Waals surface area (Å²) in [5.74, 6) is 1.86. The molecule has 5 heteroatoms.